The van der Waals surface area contributed by atoms with E-state index in [1.165, 1.54) is 4.31 Å². The van der Waals surface area contributed by atoms with Crippen LogP contribution in [0.15, 0.2) is 24.3 Å². The molecule has 1 aliphatic heterocycles. The molecule has 0 amide bonds. The first kappa shape index (κ1) is 17.1. The van der Waals surface area contributed by atoms with Crippen molar-refractivity contribution in [2.24, 2.45) is 0 Å². The largest absolute Gasteiger partial charge is 0.486 e. The van der Waals surface area contributed by atoms with Gasteiger partial charge in [0.1, 0.15) is 12.7 Å². The molecule has 1 unspecified atom stereocenters. The lowest BCUT2D eigenvalue weighted by molar-refractivity contribution is 0.0656. The second-order valence-corrected chi connectivity index (χ2v) is 8.01. The molecule has 0 fully saturated rings. The average molecular weight is 328 g/mol. The van der Waals surface area contributed by atoms with Crippen molar-refractivity contribution < 1.29 is 17.9 Å². The zero-order valence-electron chi connectivity index (χ0n) is 13.4. The predicted octanol–water partition coefficient (Wildman–Crippen LogP) is 1.04. The minimum Gasteiger partial charge on any atom is -0.486 e. The van der Waals surface area contributed by atoms with Crippen molar-refractivity contribution in [2.45, 2.75) is 12.5 Å². The van der Waals surface area contributed by atoms with E-state index in [9.17, 15) is 8.42 Å². The van der Waals surface area contributed by atoms with E-state index in [-0.39, 0.29) is 11.9 Å². The third-order valence-corrected chi connectivity index (χ3v) is 5.50. The number of fused-ring (bicyclic) bond motifs is 1. The minimum atomic E-state index is -3.12. The topological polar surface area (TPSA) is 59.1 Å². The molecule has 0 aliphatic carbocycles. The lowest BCUT2D eigenvalue weighted by atomic mass is 10.2. The second-order valence-electron chi connectivity index (χ2n) is 5.71. The molecule has 0 radical (unpaired) electrons. The van der Waals surface area contributed by atoms with Crippen LogP contribution in [-0.4, -0.2) is 70.3 Å². The highest BCUT2D eigenvalue weighted by molar-refractivity contribution is 7.89. The van der Waals surface area contributed by atoms with Gasteiger partial charge in [0.15, 0.2) is 11.5 Å². The first-order chi connectivity index (χ1) is 10.4. The van der Waals surface area contributed by atoms with Crippen molar-refractivity contribution >= 4 is 10.0 Å². The van der Waals surface area contributed by atoms with Crippen LogP contribution >= 0.6 is 0 Å². The third kappa shape index (κ3) is 4.59. The van der Waals surface area contributed by atoms with Crippen molar-refractivity contribution in [3.63, 3.8) is 0 Å². The van der Waals surface area contributed by atoms with Gasteiger partial charge in [0, 0.05) is 20.6 Å². The van der Waals surface area contributed by atoms with E-state index in [1.54, 1.807) is 14.1 Å². The predicted molar refractivity (Wildman–Crippen MR) is 85.9 cm³/mol. The maximum atomic E-state index is 11.7. The maximum absolute atomic E-state index is 11.7. The van der Waals surface area contributed by atoms with E-state index in [0.717, 1.165) is 11.5 Å². The summed E-state index contributed by atoms with van der Waals surface area (Å²) in [5.74, 6) is 1.70. The highest BCUT2D eigenvalue weighted by Gasteiger charge is 2.22. The molecular formula is C15H24N2O4S. The van der Waals surface area contributed by atoms with E-state index in [2.05, 4.69) is 4.90 Å². The molecule has 6 nitrogen and oxygen atoms in total. The Balaban J connectivity index is 1.76. The molecule has 1 atom stereocenters. The van der Waals surface area contributed by atoms with Crippen molar-refractivity contribution in [2.75, 3.05) is 46.6 Å². The number of hydrogen-bond acceptors (Lipinski definition) is 5. The Kier molecular flexibility index (Phi) is 5.66. The van der Waals surface area contributed by atoms with Crippen LogP contribution in [0.4, 0.5) is 0 Å². The molecular weight excluding hydrogens is 304 g/mol. The fourth-order valence-corrected chi connectivity index (χ4v) is 3.15. The van der Waals surface area contributed by atoms with Crippen LogP contribution in [0.3, 0.4) is 0 Å². The highest BCUT2D eigenvalue weighted by atomic mass is 32.2. The molecule has 1 aromatic carbocycles. The Morgan fingerprint density at radius 3 is 2.55 bits per heavy atom. The van der Waals surface area contributed by atoms with Crippen LogP contribution in [-0.2, 0) is 10.0 Å². The van der Waals surface area contributed by atoms with E-state index in [0.29, 0.717) is 26.1 Å². The highest BCUT2D eigenvalue weighted by Crippen LogP contribution is 2.30. The van der Waals surface area contributed by atoms with E-state index in [4.69, 9.17) is 9.47 Å². The van der Waals surface area contributed by atoms with Crippen molar-refractivity contribution in [3.8, 4) is 11.5 Å². The van der Waals surface area contributed by atoms with Crippen LogP contribution in [0.2, 0.25) is 0 Å². The molecule has 0 saturated carbocycles. The summed E-state index contributed by atoms with van der Waals surface area (Å²) in [6.45, 7) is 1.92. The summed E-state index contributed by atoms with van der Waals surface area (Å²) in [5, 5.41) is 0. The van der Waals surface area contributed by atoms with Gasteiger partial charge in [-0.05, 0) is 32.1 Å². The molecule has 1 heterocycles. The minimum absolute atomic E-state index is 0.0367. The SMILES string of the molecule is CN(CCCS(=O)(=O)N(C)C)CC1COc2ccccc2O1. The molecule has 124 valence electrons. The number of rotatable bonds is 7. The third-order valence-electron chi connectivity index (χ3n) is 3.58. The molecule has 0 bridgehead atoms. The lowest BCUT2D eigenvalue weighted by Gasteiger charge is -2.29. The standard InChI is InChI=1S/C15H24N2O4S/c1-16(2)22(18,19)10-6-9-17(3)11-13-12-20-14-7-4-5-8-15(14)21-13/h4-5,7-8,13H,6,9-12H2,1-3H3. The zero-order chi connectivity index (χ0) is 16.2. The molecule has 0 saturated heterocycles. The summed E-state index contributed by atoms with van der Waals surface area (Å²) >= 11 is 0. The van der Waals surface area contributed by atoms with Crippen LogP contribution in [0.25, 0.3) is 0 Å². The zero-order valence-corrected chi connectivity index (χ0v) is 14.2. The van der Waals surface area contributed by atoms with Gasteiger partial charge in [-0.25, -0.2) is 12.7 Å². The Morgan fingerprint density at radius 1 is 1.18 bits per heavy atom. The van der Waals surface area contributed by atoms with Gasteiger partial charge in [0.2, 0.25) is 10.0 Å². The van der Waals surface area contributed by atoms with Gasteiger partial charge in [-0.3, -0.25) is 0 Å². The van der Waals surface area contributed by atoms with E-state index >= 15 is 0 Å². The van der Waals surface area contributed by atoms with Crippen LogP contribution in [0, 0.1) is 0 Å². The van der Waals surface area contributed by atoms with Crippen molar-refractivity contribution in [3.05, 3.63) is 24.3 Å². The molecule has 0 aromatic heterocycles. The van der Waals surface area contributed by atoms with Gasteiger partial charge in [-0.15, -0.1) is 0 Å². The Labute approximate surface area is 132 Å². The van der Waals surface area contributed by atoms with Gasteiger partial charge in [0.25, 0.3) is 0 Å². The number of likely N-dealkylation sites (N-methyl/N-ethyl adjacent to an activating group) is 1. The summed E-state index contributed by atoms with van der Waals surface area (Å²) in [6, 6.07) is 7.62. The summed E-state index contributed by atoms with van der Waals surface area (Å²) < 4.78 is 36.2. The fraction of sp³-hybridized carbons (Fsp3) is 0.600. The van der Waals surface area contributed by atoms with Crippen LogP contribution in [0.5, 0.6) is 11.5 Å². The fourth-order valence-electron chi connectivity index (χ4n) is 2.29. The van der Waals surface area contributed by atoms with Crippen molar-refractivity contribution in [1.82, 2.24) is 9.21 Å². The van der Waals surface area contributed by atoms with Gasteiger partial charge in [-0.2, -0.15) is 0 Å². The molecule has 7 heteroatoms. The first-order valence-electron chi connectivity index (χ1n) is 7.36. The summed E-state index contributed by atoms with van der Waals surface area (Å²) in [5.41, 5.74) is 0. The van der Waals surface area contributed by atoms with Gasteiger partial charge < -0.3 is 14.4 Å². The number of ether oxygens (including phenoxy) is 2. The van der Waals surface area contributed by atoms with Gasteiger partial charge in [0.05, 0.1) is 5.75 Å². The number of sulfonamides is 1. The van der Waals surface area contributed by atoms with Crippen LogP contribution in [0.1, 0.15) is 6.42 Å². The number of para-hydroxylation sites is 2. The number of benzene rings is 1. The molecule has 2 rings (SSSR count). The average Bonchev–Trinajstić information content (AvgIpc) is 2.46. The smallest absolute Gasteiger partial charge is 0.213 e. The molecule has 1 aromatic rings. The molecule has 0 N–H and O–H groups in total. The monoisotopic (exact) mass is 328 g/mol. The number of hydrogen-bond donors (Lipinski definition) is 0. The lowest BCUT2D eigenvalue weighted by Crippen LogP contribution is -2.40. The maximum Gasteiger partial charge on any atom is 0.213 e. The Bertz CT molecular complexity index is 589. The second kappa shape index (κ2) is 7.30. The van der Waals surface area contributed by atoms with Crippen LogP contribution < -0.4 is 9.47 Å². The number of nitrogens with zero attached hydrogens (tertiary/aromatic N) is 2. The summed E-state index contributed by atoms with van der Waals surface area (Å²) in [7, 11) is 1.97. The molecule has 0 spiro atoms. The first-order valence-corrected chi connectivity index (χ1v) is 8.96. The van der Waals surface area contributed by atoms with Gasteiger partial charge >= 0.3 is 0 Å². The van der Waals surface area contributed by atoms with Crippen molar-refractivity contribution in [1.29, 1.82) is 0 Å². The van der Waals surface area contributed by atoms with E-state index < -0.39 is 10.0 Å². The molecule has 22 heavy (non-hydrogen) atoms. The normalized spacial score (nSPS) is 18.0. The van der Waals surface area contributed by atoms with Gasteiger partial charge in [-0.1, -0.05) is 12.1 Å². The quantitative estimate of drug-likeness (QED) is 0.748. The molecule has 1 aliphatic rings. The Hall–Kier alpha value is -1.31. The Morgan fingerprint density at radius 2 is 1.86 bits per heavy atom. The summed E-state index contributed by atoms with van der Waals surface area (Å²) in [6.07, 6.45) is 0.562. The summed E-state index contributed by atoms with van der Waals surface area (Å²) in [4.78, 5) is 2.08. The van der Waals surface area contributed by atoms with E-state index in [1.807, 2.05) is 31.3 Å².